The maximum Gasteiger partial charge on any atom is 0.191 e. The summed E-state index contributed by atoms with van der Waals surface area (Å²) in [6.45, 7) is 7.27. The third-order valence-electron chi connectivity index (χ3n) is 5.06. The topological polar surface area (TPSA) is 39.7 Å². The van der Waals surface area contributed by atoms with E-state index in [1.165, 1.54) is 17.7 Å². The zero-order valence-electron chi connectivity index (χ0n) is 16.5. The number of rotatable bonds is 6. The van der Waals surface area contributed by atoms with E-state index in [-0.39, 0.29) is 6.04 Å². The molecule has 1 saturated heterocycles. The van der Waals surface area contributed by atoms with Gasteiger partial charge >= 0.3 is 0 Å². The van der Waals surface area contributed by atoms with Gasteiger partial charge in [0.1, 0.15) is 0 Å². The molecule has 4 nitrogen and oxygen atoms in total. The molecule has 2 aromatic rings. The molecule has 2 aromatic carbocycles. The zero-order chi connectivity index (χ0) is 19.9. The van der Waals surface area contributed by atoms with Gasteiger partial charge in [0.2, 0.25) is 0 Å². The van der Waals surface area contributed by atoms with Crippen molar-refractivity contribution in [2.45, 2.75) is 26.3 Å². The summed E-state index contributed by atoms with van der Waals surface area (Å²) >= 11 is 0. The SMILES string of the molecule is CCNC(=NCC1CCN(c2ccc(F)c(F)c2)C1)NC(C)c1ccccc1. The molecule has 2 N–H and O–H groups in total. The molecule has 0 aliphatic carbocycles. The second-order valence-electron chi connectivity index (χ2n) is 7.20. The summed E-state index contributed by atoms with van der Waals surface area (Å²) in [6, 6.07) is 14.5. The van der Waals surface area contributed by atoms with Gasteiger partial charge in [-0.05, 0) is 43.9 Å². The zero-order valence-corrected chi connectivity index (χ0v) is 16.5. The van der Waals surface area contributed by atoms with Gasteiger partial charge in [-0.2, -0.15) is 0 Å². The number of nitrogens with zero attached hydrogens (tertiary/aromatic N) is 2. The molecule has 28 heavy (non-hydrogen) atoms. The highest BCUT2D eigenvalue weighted by Crippen LogP contribution is 2.25. The number of benzene rings is 2. The van der Waals surface area contributed by atoms with Crippen molar-refractivity contribution in [1.82, 2.24) is 10.6 Å². The van der Waals surface area contributed by atoms with Crippen LogP contribution >= 0.6 is 0 Å². The van der Waals surface area contributed by atoms with Crippen molar-refractivity contribution >= 4 is 11.6 Å². The lowest BCUT2D eigenvalue weighted by Gasteiger charge is -2.20. The molecule has 1 aliphatic rings. The molecule has 1 aliphatic heterocycles. The van der Waals surface area contributed by atoms with Crippen LogP contribution in [0.25, 0.3) is 0 Å². The Morgan fingerprint density at radius 1 is 1.18 bits per heavy atom. The number of nitrogens with one attached hydrogen (secondary N) is 2. The van der Waals surface area contributed by atoms with E-state index in [9.17, 15) is 8.78 Å². The highest BCUT2D eigenvalue weighted by Gasteiger charge is 2.23. The number of halogens is 2. The first kappa shape index (κ1) is 20.1. The second kappa shape index (κ2) is 9.53. The fourth-order valence-corrected chi connectivity index (χ4v) is 3.47. The number of aliphatic imine (C=N–C) groups is 1. The molecule has 0 saturated carbocycles. The van der Waals surface area contributed by atoms with E-state index in [0.29, 0.717) is 12.5 Å². The van der Waals surface area contributed by atoms with Crippen LogP contribution in [0.1, 0.15) is 31.9 Å². The van der Waals surface area contributed by atoms with Crippen molar-refractivity contribution < 1.29 is 8.78 Å². The van der Waals surface area contributed by atoms with Crippen LogP contribution in [0.3, 0.4) is 0 Å². The monoisotopic (exact) mass is 386 g/mol. The summed E-state index contributed by atoms with van der Waals surface area (Å²) in [5.74, 6) is -0.425. The van der Waals surface area contributed by atoms with Crippen LogP contribution in [-0.4, -0.2) is 32.1 Å². The van der Waals surface area contributed by atoms with Crippen molar-refractivity contribution in [3.63, 3.8) is 0 Å². The minimum Gasteiger partial charge on any atom is -0.371 e. The van der Waals surface area contributed by atoms with Crippen molar-refractivity contribution in [1.29, 1.82) is 0 Å². The molecule has 0 aromatic heterocycles. The van der Waals surface area contributed by atoms with E-state index in [0.717, 1.165) is 37.7 Å². The minimum absolute atomic E-state index is 0.154. The predicted octanol–water partition coefficient (Wildman–Crippen LogP) is 4.11. The van der Waals surface area contributed by atoms with Crippen molar-refractivity contribution in [2.24, 2.45) is 10.9 Å². The van der Waals surface area contributed by atoms with Crippen LogP contribution in [0, 0.1) is 17.6 Å². The van der Waals surface area contributed by atoms with Gasteiger partial charge in [0.15, 0.2) is 17.6 Å². The summed E-state index contributed by atoms with van der Waals surface area (Å²) in [7, 11) is 0. The Morgan fingerprint density at radius 3 is 2.68 bits per heavy atom. The molecule has 2 atom stereocenters. The second-order valence-corrected chi connectivity index (χ2v) is 7.20. The van der Waals surface area contributed by atoms with E-state index in [4.69, 9.17) is 4.99 Å². The molecule has 1 heterocycles. The number of guanidine groups is 1. The van der Waals surface area contributed by atoms with Crippen LogP contribution in [0.2, 0.25) is 0 Å². The summed E-state index contributed by atoms with van der Waals surface area (Å²) < 4.78 is 26.6. The Bertz CT molecular complexity index is 794. The molecule has 0 amide bonds. The lowest BCUT2D eigenvalue weighted by Crippen LogP contribution is -2.39. The highest BCUT2D eigenvalue weighted by atomic mass is 19.2. The standard InChI is InChI=1S/C22H28F2N4/c1-3-25-22(27-16(2)18-7-5-4-6-8-18)26-14-17-11-12-28(15-17)19-9-10-20(23)21(24)13-19/h4-10,13,16-17H,3,11-12,14-15H2,1-2H3,(H2,25,26,27). The van der Waals surface area contributed by atoms with Gasteiger partial charge in [-0.3, -0.25) is 4.99 Å². The molecule has 1 fully saturated rings. The van der Waals surface area contributed by atoms with Crippen LogP contribution in [0.15, 0.2) is 53.5 Å². The average Bonchev–Trinajstić information content (AvgIpc) is 3.18. The van der Waals surface area contributed by atoms with E-state index in [2.05, 4.69) is 34.6 Å². The minimum atomic E-state index is -0.807. The van der Waals surface area contributed by atoms with Gasteiger partial charge in [-0.25, -0.2) is 8.78 Å². The molecule has 150 valence electrons. The quantitative estimate of drug-likeness (QED) is 0.580. The van der Waals surface area contributed by atoms with Crippen LogP contribution < -0.4 is 15.5 Å². The predicted molar refractivity (Wildman–Crippen MR) is 111 cm³/mol. The maximum atomic E-state index is 13.5. The van der Waals surface area contributed by atoms with Crippen molar-refractivity contribution in [2.75, 3.05) is 31.1 Å². The largest absolute Gasteiger partial charge is 0.371 e. The Labute approximate surface area is 165 Å². The van der Waals surface area contributed by atoms with E-state index in [1.54, 1.807) is 6.07 Å². The van der Waals surface area contributed by atoms with Gasteiger partial charge in [-0.15, -0.1) is 0 Å². The molecular formula is C22H28F2N4. The van der Waals surface area contributed by atoms with E-state index in [1.807, 2.05) is 25.1 Å². The third kappa shape index (κ3) is 5.21. The smallest absolute Gasteiger partial charge is 0.191 e. The van der Waals surface area contributed by atoms with Gasteiger partial charge in [0.05, 0.1) is 6.04 Å². The van der Waals surface area contributed by atoms with Crippen LogP contribution in [0.4, 0.5) is 14.5 Å². The van der Waals surface area contributed by atoms with Gasteiger partial charge in [0.25, 0.3) is 0 Å². The summed E-state index contributed by atoms with van der Waals surface area (Å²) in [6.07, 6.45) is 0.982. The molecule has 6 heteroatoms. The first-order valence-electron chi connectivity index (χ1n) is 9.86. The van der Waals surface area contributed by atoms with Gasteiger partial charge in [-0.1, -0.05) is 30.3 Å². The van der Waals surface area contributed by atoms with Gasteiger partial charge < -0.3 is 15.5 Å². The van der Waals surface area contributed by atoms with Crippen LogP contribution in [0.5, 0.6) is 0 Å². The molecule has 2 unspecified atom stereocenters. The molecule has 3 rings (SSSR count). The third-order valence-corrected chi connectivity index (χ3v) is 5.06. The molecule has 0 bridgehead atoms. The number of hydrogen-bond donors (Lipinski definition) is 2. The van der Waals surface area contributed by atoms with Crippen molar-refractivity contribution in [3.8, 4) is 0 Å². The van der Waals surface area contributed by atoms with E-state index < -0.39 is 11.6 Å². The fraction of sp³-hybridized carbons (Fsp3) is 0.409. The van der Waals surface area contributed by atoms with Gasteiger partial charge in [0, 0.05) is 37.9 Å². The van der Waals surface area contributed by atoms with Crippen LogP contribution in [-0.2, 0) is 0 Å². The first-order chi connectivity index (χ1) is 13.6. The molecular weight excluding hydrogens is 358 g/mol. The first-order valence-corrected chi connectivity index (χ1v) is 9.86. The summed E-state index contributed by atoms with van der Waals surface area (Å²) in [4.78, 5) is 6.85. The number of anilines is 1. The van der Waals surface area contributed by atoms with Crippen molar-refractivity contribution in [3.05, 3.63) is 65.7 Å². The Hall–Kier alpha value is -2.63. The summed E-state index contributed by atoms with van der Waals surface area (Å²) in [5, 5.41) is 6.75. The fourth-order valence-electron chi connectivity index (χ4n) is 3.47. The molecule has 0 radical (unpaired) electrons. The Kier molecular flexibility index (Phi) is 6.85. The lowest BCUT2D eigenvalue weighted by molar-refractivity contribution is 0.508. The molecule has 0 spiro atoms. The maximum absolute atomic E-state index is 13.5. The Balaban J connectivity index is 1.58. The highest BCUT2D eigenvalue weighted by molar-refractivity contribution is 5.80. The lowest BCUT2D eigenvalue weighted by atomic mass is 10.1. The number of hydrogen-bond acceptors (Lipinski definition) is 2. The van der Waals surface area contributed by atoms with E-state index >= 15 is 0 Å². The Morgan fingerprint density at radius 2 is 1.96 bits per heavy atom. The average molecular weight is 386 g/mol. The normalized spacial score (nSPS) is 18.2. The summed E-state index contributed by atoms with van der Waals surface area (Å²) in [5.41, 5.74) is 1.94.